The maximum absolute atomic E-state index is 13.4. The number of halogens is 4. The van der Waals surface area contributed by atoms with Gasteiger partial charge in [0, 0.05) is 15.2 Å². The van der Waals surface area contributed by atoms with Crippen molar-refractivity contribution in [3.63, 3.8) is 0 Å². The molecule has 0 unspecified atom stereocenters. The fraction of sp³-hybridized carbons (Fsp3) is 0.125. The average molecular weight is 433 g/mol. The Morgan fingerprint density at radius 2 is 1.87 bits per heavy atom. The van der Waals surface area contributed by atoms with Crippen LogP contribution in [0.5, 0.6) is 11.6 Å². The fourth-order valence-electron chi connectivity index (χ4n) is 2.40. The van der Waals surface area contributed by atoms with Gasteiger partial charge >= 0.3 is 6.61 Å². The number of fused-ring (bicyclic) bond motifs is 1. The smallest absolute Gasteiger partial charge is 0.387 e. The standard InChI is InChI=1S/C16H11F3INO2/c17-11-5-10-8-21(15(22)14(10)13(20)6-11)7-9-1-3-12(4-2-9)23-16(18)19/h1-6,8,16,22H,7H2. The summed E-state index contributed by atoms with van der Waals surface area (Å²) in [6, 6.07) is 8.84. The van der Waals surface area contributed by atoms with E-state index in [1.165, 1.54) is 24.3 Å². The number of alkyl halides is 2. The lowest BCUT2D eigenvalue weighted by Crippen LogP contribution is -2.02. The highest BCUT2D eigenvalue weighted by molar-refractivity contribution is 14.1. The van der Waals surface area contributed by atoms with Crippen molar-refractivity contribution in [3.8, 4) is 11.6 Å². The number of hydrogen-bond donors (Lipinski definition) is 1. The molecule has 0 bridgehead atoms. The number of hydrogen-bond acceptors (Lipinski definition) is 2. The van der Waals surface area contributed by atoms with Crippen LogP contribution in [0.1, 0.15) is 5.56 Å². The third-order valence-electron chi connectivity index (χ3n) is 3.38. The summed E-state index contributed by atoms with van der Waals surface area (Å²) in [5, 5.41) is 11.5. The Bertz CT molecular complexity index is 847. The summed E-state index contributed by atoms with van der Waals surface area (Å²) in [5.41, 5.74) is 0.790. The summed E-state index contributed by atoms with van der Waals surface area (Å²) < 4.78 is 44.2. The number of nitrogens with zero attached hydrogens (tertiary/aromatic N) is 1. The van der Waals surface area contributed by atoms with E-state index in [2.05, 4.69) is 4.74 Å². The summed E-state index contributed by atoms with van der Waals surface area (Å²) in [7, 11) is 0. The molecule has 0 atom stereocenters. The van der Waals surface area contributed by atoms with Crippen molar-refractivity contribution in [3.05, 3.63) is 57.5 Å². The van der Waals surface area contributed by atoms with Crippen molar-refractivity contribution in [1.82, 2.24) is 4.57 Å². The molecule has 3 nitrogen and oxygen atoms in total. The van der Waals surface area contributed by atoms with E-state index >= 15 is 0 Å². The number of benzene rings is 2. The summed E-state index contributed by atoms with van der Waals surface area (Å²) in [6.07, 6.45) is 1.65. The van der Waals surface area contributed by atoms with Crippen molar-refractivity contribution < 1.29 is 23.0 Å². The van der Waals surface area contributed by atoms with Gasteiger partial charge < -0.3 is 14.4 Å². The van der Waals surface area contributed by atoms with Crippen LogP contribution in [0, 0.1) is 9.39 Å². The highest BCUT2D eigenvalue weighted by Crippen LogP contribution is 2.32. The van der Waals surface area contributed by atoms with E-state index in [-0.39, 0.29) is 17.4 Å². The van der Waals surface area contributed by atoms with E-state index in [4.69, 9.17) is 0 Å². The number of ether oxygens (including phenoxy) is 1. The van der Waals surface area contributed by atoms with Crippen LogP contribution in [0.3, 0.4) is 0 Å². The molecule has 7 heteroatoms. The number of aromatic hydroxyl groups is 1. The maximum Gasteiger partial charge on any atom is 0.387 e. The van der Waals surface area contributed by atoms with Crippen LogP contribution in [0.25, 0.3) is 10.8 Å². The van der Waals surface area contributed by atoms with Crippen molar-refractivity contribution in [2.24, 2.45) is 0 Å². The predicted octanol–water partition coefficient (Wildman–Crippen LogP) is 4.74. The van der Waals surface area contributed by atoms with Crippen molar-refractivity contribution in [2.75, 3.05) is 0 Å². The summed E-state index contributed by atoms with van der Waals surface area (Å²) >= 11 is 1.97. The minimum Gasteiger partial charge on any atom is -0.494 e. The summed E-state index contributed by atoms with van der Waals surface area (Å²) in [4.78, 5) is 0. The minimum absolute atomic E-state index is 0.0392. The molecule has 3 rings (SSSR count). The lowest BCUT2D eigenvalue weighted by Gasteiger charge is -2.07. The highest BCUT2D eigenvalue weighted by atomic mass is 127. The molecule has 0 aliphatic heterocycles. The van der Waals surface area contributed by atoms with Crippen LogP contribution in [0.4, 0.5) is 13.2 Å². The predicted molar refractivity (Wildman–Crippen MR) is 88.5 cm³/mol. The molecule has 0 saturated carbocycles. The summed E-state index contributed by atoms with van der Waals surface area (Å²) in [6.45, 7) is -2.54. The van der Waals surface area contributed by atoms with E-state index in [0.29, 0.717) is 20.9 Å². The van der Waals surface area contributed by atoms with Crippen LogP contribution >= 0.6 is 22.6 Å². The summed E-state index contributed by atoms with van der Waals surface area (Å²) in [5.74, 6) is -0.257. The molecule has 0 spiro atoms. The molecule has 0 fully saturated rings. The Morgan fingerprint density at radius 1 is 1.17 bits per heavy atom. The highest BCUT2D eigenvalue weighted by Gasteiger charge is 2.13. The normalized spacial score (nSPS) is 11.3. The monoisotopic (exact) mass is 433 g/mol. The van der Waals surface area contributed by atoms with Gasteiger partial charge in [0.2, 0.25) is 0 Å². The van der Waals surface area contributed by atoms with Crippen LogP contribution < -0.4 is 4.74 Å². The molecular formula is C16H11F3INO2. The van der Waals surface area contributed by atoms with Crippen LogP contribution in [-0.4, -0.2) is 16.3 Å². The number of aromatic nitrogens is 1. The van der Waals surface area contributed by atoms with Crippen molar-refractivity contribution >= 4 is 33.4 Å². The molecular weight excluding hydrogens is 422 g/mol. The molecule has 0 radical (unpaired) electrons. The molecule has 23 heavy (non-hydrogen) atoms. The van der Waals surface area contributed by atoms with Gasteiger partial charge in [-0.1, -0.05) is 12.1 Å². The minimum atomic E-state index is -2.86. The molecule has 1 N–H and O–H groups in total. The zero-order valence-electron chi connectivity index (χ0n) is 11.6. The van der Waals surface area contributed by atoms with Crippen molar-refractivity contribution in [1.29, 1.82) is 0 Å². The average Bonchev–Trinajstić information content (AvgIpc) is 2.76. The topological polar surface area (TPSA) is 34.4 Å². The van der Waals surface area contributed by atoms with E-state index in [1.807, 2.05) is 22.6 Å². The van der Waals surface area contributed by atoms with E-state index in [0.717, 1.165) is 5.56 Å². The molecule has 0 aliphatic carbocycles. The second-order valence-electron chi connectivity index (χ2n) is 4.95. The van der Waals surface area contributed by atoms with Gasteiger partial charge in [0.25, 0.3) is 0 Å². The Labute approximate surface area is 143 Å². The molecule has 120 valence electrons. The van der Waals surface area contributed by atoms with E-state index < -0.39 is 6.61 Å². The van der Waals surface area contributed by atoms with E-state index in [1.54, 1.807) is 22.9 Å². The Hall–Kier alpha value is -1.90. The second kappa shape index (κ2) is 6.31. The van der Waals surface area contributed by atoms with E-state index in [9.17, 15) is 18.3 Å². The maximum atomic E-state index is 13.4. The number of rotatable bonds is 4. The SMILES string of the molecule is Oc1c2c(I)cc(F)cc2cn1Cc1ccc(OC(F)F)cc1. The lowest BCUT2D eigenvalue weighted by atomic mass is 10.2. The third-order valence-corrected chi connectivity index (χ3v) is 4.23. The van der Waals surface area contributed by atoms with Gasteiger partial charge in [0.1, 0.15) is 11.6 Å². The largest absolute Gasteiger partial charge is 0.494 e. The zero-order chi connectivity index (χ0) is 16.6. The van der Waals surface area contributed by atoms with Gasteiger partial charge in [-0.05, 0) is 52.4 Å². The Balaban J connectivity index is 1.89. The molecule has 0 aliphatic rings. The van der Waals surface area contributed by atoms with Gasteiger partial charge in [-0.15, -0.1) is 0 Å². The Kier molecular flexibility index (Phi) is 4.38. The van der Waals surface area contributed by atoms with Gasteiger partial charge in [-0.3, -0.25) is 0 Å². The Morgan fingerprint density at radius 3 is 2.52 bits per heavy atom. The first-order valence-electron chi connectivity index (χ1n) is 6.64. The molecule has 1 aromatic heterocycles. The molecule has 3 aromatic rings. The molecule has 1 heterocycles. The first-order valence-corrected chi connectivity index (χ1v) is 7.72. The van der Waals surface area contributed by atoms with Gasteiger partial charge in [0.15, 0.2) is 5.88 Å². The van der Waals surface area contributed by atoms with Crippen molar-refractivity contribution in [2.45, 2.75) is 13.2 Å². The first-order chi connectivity index (χ1) is 10.9. The third kappa shape index (κ3) is 3.39. The van der Waals surface area contributed by atoms with Gasteiger partial charge in [-0.2, -0.15) is 8.78 Å². The quantitative estimate of drug-likeness (QED) is 0.604. The van der Waals surface area contributed by atoms with Gasteiger partial charge in [-0.25, -0.2) is 4.39 Å². The molecule has 0 saturated heterocycles. The fourth-order valence-corrected chi connectivity index (χ4v) is 3.25. The van der Waals surface area contributed by atoms with Gasteiger partial charge in [0.05, 0.1) is 11.9 Å². The van der Waals surface area contributed by atoms with Crippen LogP contribution in [0.2, 0.25) is 0 Å². The van der Waals surface area contributed by atoms with Crippen LogP contribution in [0.15, 0.2) is 42.6 Å². The molecule has 0 amide bonds. The first kappa shape index (κ1) is 16.0. The zero-order valence-corrected chi connectivity index (χ0v) is 13.8. The molecule has 2 aromatic carbocycles. The van der Waals surface area contributed by atoms with Crippen LogP contribution in [-0.2, 0) is 6.54 Å². The second-order valence-corrected chi connectivity index (χ2v) is 6.12. The lowest BCUT2D eigenvalue weighted by molar-refractivity contribution is -0.0498.